The summed E-state index contributed by atoms with van der Waals surface area (Å²) in [4.78, 5) is 9.32. The van der Waals surface area contributed by atoms with Gasteiger partial charge in [-0.25, -0.2) is 0 Å². The third-order valence-corrected chi connectivity index (χ3v) is 5.90. The third-order valence-electron chi connectivity index (χ3n) is 5.90. The molecule has 7 nitrogen and oxygen atoms in total. The fourth-order valence-corrected chi connectivity index (χ4v) is 4.28. The molecule has 146 valence electrons. The molecule has 2 aliphatic rings. The summed E-state index contributed by atoms with van der Waals surface area (Å²) in [5.74, 6) is 2.56. The first-order chi connectivity index (χ1) is 13.2. The normalized spacial score (nSPS) is 23.0. The van der Waals surface area contributed by atoms with Gasteiger partial charge in [0.1, 0.15) is 11.6 Å². The van der Waals surface area contributed by atoms with Crippen molar-refractivity contribution < 1.29 is 5.11 Å². The molecule has 7 heteroatoms. The van der Waals surface area contributed by atoms with Gasteiger partial charge in [-0.05, 0) is 44.4 Å². The summed E-state index contributed by atoms with van der Waals surface area (Å²) in [5, 5.41) is 18.7. The van der Waals surface area contributed by atoms with Crippen molar-refractivity contribution in [3.05, 3.63) is 41.7 Å². The minimum Gasteiger partial charge on any atom is -0.393 e. The zero-order valence-corrected chi connectivity index (χ0v) is 16.2. The van der Waals surface area contributed by atoms with Crippen LogP contribution in [0.3, 0.4) is 0 Å². The van der Waals surface area contributed by atoms with Gasteiger partial charge in [-0.2, -0.15) is 0 Å². The van der Waals surface area contributed by atoms with Gasteiger partial charge in [0, 0.05) is 45.3 Å². The van der Waals surface area contributed by atoms with E-state index in [0.717, 1.165) is 69.5 Å². The Balaban J connectivity index is 1.38. The number of piperidine rings is 2. The molecule has 2 aromatic rings. The summed E-state index contributed by atoms with van der Waals surface area (Å²) in [6.07, 6.45) is 5.80. The number of hydrogen-bond acceptors (Lipinski definition) is 6. The van der Waals surface area contributed by atoms with Crippen LogP contribution in [0.25, 0.3) is 0 Å². The maximum atomic E-state index is 9.68. The van der Waals surface area contributed by atoms with E-state index < -0.39 is 0 Å². The fourth-order valence-electron chi connectivity index (χ4n) is 4.28. The molecule has 0 aromatic carbocycles. The minimum absolute atomic E-state index is 0.136. The highest BCUT2D eigenvalue weighted by atomic mass is 16.3. The van der Waals surface area contributed by atoms with Crippen LogP contribution in [0.1, 0.15) is 48.9 Å². The van der Waals surface area contributed by atoms with E-state index in [4.69, 9.17) is 0 Å². The number of aromatic nitrogens is 4. The number of aliphatic hydroxyl groups excluding tert-OH is 1. The lowest BCUT2D eigenvalue weighted by Crippen LogP contribution is -2.36. The largest absolute Gasteiger partial charge is 0.393 e. The Hall–Kier alpha value is -1.83. The van der Waals surface area contributed by atoms with E-state index in [2.05, 4.69) is 48.7 Å². The van der Waals surface area contributed by atoms with Crippen LogP contribution < -0.4 is 0 Å². The van der Waals surface area contributed by atoms with Crippen molar-refractivity contribution in [2.75, 3.05) is 26.2 Å². The summed E-state index contributed by atoms with van der Waals surface area (Å²) >= 11 is 0. The van der Waals surface area contributed by atoms with Crippen molar-refractivity contribution in [1.29, 1.82) is 0 Å². The molecule has 0 unspecified atom stereocenters. The molecule has 0 aliphatic carbocycles. The zero-order valence-electron chi connectivity index (χ0n) is 16.2. The predicted octanol–water partition coefficient (Wildman–Crippen LogP) is 1.55. The smallest absolute Gasteiger partial charge is 0.146 e. The fraction of sp³-hybridized carbons (Fsp3) is 0.650. The van der Waals surface area contributed by atoms with Gasteiger partial charge in [0.05, 0.1) is 18.3 Å². The topological polar surface area (TPSA) is 70.3 Å². The number of likely N-dealkylation sites (tertiary alicyclic amines) is 2. The first-order valence-electron chi connectivity index (χ1n) is 10.1. The van der Waals surface area contributed by atoms with Crippen LogP contribution in [0.2, 0.25) is 0 Å². The average molecular weight is 371 g/mol. The second-order valence-corrected chi connectivity index (χ2v) is 7.94. The Labute approximate surface area is 161 Å². The Bertz CT molecular complexity index is 725. The second kappa shape index (κ2) is 8.46. The van der Waals surface area contributed by atoms with Crippen molar-refractivity contribution in [1.82, 2.24) is 29.5 Å². The lowest BCUT2D eigenvalue weighted by atomic mass is 9.97. The summed E-state index contributed by atoms with van der Waals surface area (Å²) in [6, 6.07) is 6.12. The van der Waals surface area contributed by atoms with Crippen LogP contribution in [-0.4, -0.2) is 66.9 Å². The highest BCUT2D eigenvalue weighted by Crippen LogP contribution is 2.27. The molecule has 0 spiro atoms. The number of nitrogens with zero attached hydrogens (tertiary/aromatic N) is 6. The van der Waals surface area contributed by atoms with Gasteiger partial charge in [-0.1, -0.05) is 6.07 Å². The molecule has 1 atom stereocenters. The van der Waals surface area contributed by atoms with Crippen molar-refractivity contribution in [2.24, 2.45) is 7.05 Å². The van der Waals surface area contributed by atoms with Crippen LogP contribution in [0.15, 0.2) is 24.4 Å². The zero-order chi connectivity index (χ0) is 18.6. The van der Waals surface area contributed by atoms with E-state index in [0.29, 0.717) is 5.92 Å². The Morgan fingerprint density at radius 1 is 1.04 bits per heavy atom. The SMILES string of the molecule is Cn1c(CN2CCC(O)CC2)nnc1[C@@H]1CCCN(Cc2ccccn2)C1. The number of hydrogen-bond donors (Lipinski definition) is 1. The molecule has 2 aliphatic heterocycles. The summed E-state index contributed by atoms with van der Waals surface area (Å²) in [5.41, 5.74) is 1.13. The lowest BCUT2D eigenvalue weighted by Gasteiger charge is -2.32. The van der Waals surface area contributed by atoms with E-state index in [9.17, 15) is 5.11 Å². The van der Waals surface area contributed by atoms with E-state index in [1.165, 1.54) is 12.8 Å². The van der Waals surface area contributed by atoms with E-state index in [-0.39, 0.29) is 6.10 Å². The van der Waals surface area contributed by atoms with Crippen molar-refractivity contribution in [2.45, 2.75) is 50.8 Å². The van der Waals surface area contributed by atoms with Gasteiger partial charge < -0.3 is 9.67 Å². The van der Waals surface area contributed by atoms with Gasteiger partial charge in [-0.15, -0.1) is 10.2 Å². The number of pyridine rings is 1. The Kier molecular flexibility index (Phi) is 5.80. The van der Waals surface area contributed by atoms with Crippen LogP contribution in [0.5, 0.6) is 0 Å². The highest BCUT2D eigenvalue weighted by molar-refractivity contribution is 5.07. The van der Waals surface area contributed by atoms with Gasteiger partial charge in [0.15, 0.2) is 0 Å². The first kappa shape index (κ1) is 18.5. The third kappa shape index (κ3) is 4.54. The summed E-state index contributed by atoms with van der Waals surface area (Å²) < 4.78 is 2.19. The lowest BCUT2D eigenvalue weighted by molar-refractivity contribution is 0.0775. The van der Waals surface area contributed by atoms with Gasteiger partial charge in [0.25, 0.3) is 0 Å². The Morgan fingerprint density at radius 2 is 1.89 bits per heavy atom. The summed E-state index contributed by atoms with van der Waals surface area (Å²) in [7, 11) is 2.10. The molecule has 0 radical (unpaired) electrons. The van der Waals surface area contributed by atoms with Crippen LogP contribution in [0.4, 0.5) is 0 Å². The number of rotatable bonds is 5. The first-order valence-corrected chi connectivity index (χ1v) is 10.1. The molecule has 0 bridgehead atoms. The van der Waals surface area contributed by atoms with E-state index >= 15 is 0 Å². The second-order valence-electron chi connectivity index (χ2n) is 7.94. The standard InChI is InChI=1S/C20H30N6O/c1-24-19(15-25-11-7-18(27)8-12-25)22-23-20(24)16-5-4-10-26(13-16)14-17-6-2-3-9-21-17/h2-3,6,9,16,18,27H,4-5,7-8,10-15H2,1H3/t16-/m1/s1. The molecule has 0 amide bonds. The molecule has 2 saturated heterocycles. The van der Waals surface area contributed by atoms with Crippen molar-refractivity contribution in [3.63, 3.8) is 0 Å². The molecule has 27 heavy (non-hydrogen) atoms. The molecular formula is C20H30N6O. The van der Waals surface area contributed by atoms with Crippen LogP contribution in [0, 0.1) is 0 Å². The molecule has 4 heterocycles. The van der Waals surface area contributed by atoms with Gasteiger partial charge >= 0.3 is 0 Å². The highest BCUT2D eigenvalue weighted by Gasteiger charge is 2.27. The van der Waals surface area contributed by atoms with Gasteiger partial charge in [0.2, 0.25) is 0 Å². The van der Waals surface area contributed by atoms with Crippen LogP contribution in [-0.2, 0) is 20.1 Å². The monoisotopic (exact) mass is 370 g/mol. The Morgan fingerprint density at radius 3 is 2.67 bits per heavy atom. The molecule has 1 N–H and O–H groups in total. The van der Waals surface area contributed by atoms with Gasteiger partial charge in [-0.3, -0.25) is 14.8 Å². The maximum absolute atomic E-state index is 9.68. The molecule has 2 aromatic heterocycles. The van der Waals surface area contributed by atoms with Crippen molar-refractivity contribution >= 4 is 0 Å². The summed E-state index contributed by atoms with van der Waals surface area (Å²) in [6.45, 7) is 5.72. The maximum Gasteiger partial charge on any atom is 0.146 e. The average Bonchev–Trinajstić information content (AvgIpc) is 3.05. The quantitative estimate of drug-likeness (QED) is 0.861. The van der Waals surface area contributed by atoms with Crippen molar-refractivity contribution in [3.8, 4) is 0 Å². The molecule has 0 saturated carbocycles. The van der Waals surface area contributed by atoms with E-state index in [1.807, 2.05) is 12.3 Å². The predicted molar refractivity (Wildman–Crippen MR) is 103 cm³/mol. The molecule has 4 rings (SSSR count). The molecule has 2 fully saturated rings. The van der Waals surface area contributed by atoms with E-state index in [1.54, 1.807) is 0 Å². The van der Waals surface area contributed by atoms with Crippen LogP contribution >= 0.6 is 0 Å². The molecular weight excluding hydrogens is 340 g/mol. The minimum atomic E-state index is -0.136. The number of aliphatic hydroxyl groups is 1.